The molecule has 1 aromatic carbocycles. The van der Waals surface area contributed by atoms with Crippen molar-refractivity contribution in [3.05, 3.63) is 56.6 Å². The van der Waals surface area contributed by atoms with Crippen molar-refractivity contribution in [2.24, 2.45) is 17.8 Å². The van der Waals surface area contributed by atoms with Gasteiger partial charge in [-0.3, -0.25) is 24.1 Å². The molecule has 7 nitrogen and oxygen atoms in total. The van der Waals surface area contributed by atoms with E-state index in [2.05, 4.69) is 15.9 Å². The number of allylic oxidation sites excluding steroid dienone is 6. The van der Waals surface area contributed by atoms with Gasteiger partial charge in [0.15, 0.2) is 23.1 Å². The van der Waals surface area contributed by atoms with Crippen molar-refractivity contribution < 1.29 is 29.0 Å². The molecule has 1 saturated heterocycles. The van der Waals surface area contributed by atoms with E-state index in [0.29, 0.717) is 39.7 Å². The Morgan fingerprint density at radius 1 is 1.15 bits per heavy atom. The molecule has 5 rings (SSSR count). The second kappa shape index (κ2) is 8.05. The number of ketones is 2. The minimum absolute atomic E-state index is 0.0669. The van der Waals surface area contributed by atoms with Gasteiger partial charge in [0, 0.05) is 29.2 Å². The number of hydrogen-bond donors (Lipinski definition) is 1. The summed E-state index contributed by atoms with van der Waals surface area (Å²) in [5, 5.41) is 10.3. The van der Waals surface area contributed by atoms with Crippen LogP contribution in [0, 0.1) is 17.8 Å². The number of hydrogen-bond acceptors (Lipinski definition) is 6. The quantitative estimate of drug-likeness (QED) is 0.367. The molecule has 0 spiro atoms. The van der Waals surface area contributed by atoms with Gasteiger partial charge >= 0.3 is 0 Å². The van der Waals surface area contributed by atoms with E-state index in [9.17, 15) is 24.3 Å². The SMILES string of the molecule is CCN1C(=O)[C@H]2[C@H](CC=C3[C@H](c4cc(Br)c(O)c(OC)c4)C4=C(C[C@H]32)C(=O)C=C(C)C4=O)C1=O. The number of nitrogens with zero attached hydrogens (tertiary/aromatic N) is 1. The van der Waals surface area contributed by atoms with Gasteiger partial charge in [0.2, 0.25) is 11.8 Å². The van der Waals surface area contributed by atoms with E-state index >= 15 is 0 Å². The molecule has 0 radical (unpaired) electrons. The minimum atomic E-state index is -0.584. The first-order valence-corrected chi connectivity index (χ1v) is 12.1. The lowest BCUT2D eigenvalue weighted by atomic mass is 9.59. The lowest BCUT2D eigenvalue weighted by Gasteiger charge is -2.42. The van der Waals surface area contributed by atoms with Crippen molar-refractivity contribution >= 4 is 39.3 Å². The maximum absolute atomic E-state index is 13.4. The number of imide groups is 1. The fraction of sp³-hybridized carbons (Fsp3) is 0.385. The van der Waals surface area contributed by atoms with Crippen molar-refractivity contribution in [1.29, 1.82) is 0 Å². The average Bonchev–Trinajstić information content (AvgIpc) is 3.07. The van der Waals surface area contributed by atoms with Crippen LogP contribution in [0.4, 0.5) is 0 Å². The molecule has 1 N–H and O–H groups in total. The summed E-state index contributed by atoms with van der Waals surface area (Å²) >= 11 is 3.36. The molecule has 0 bridgehead atoms. The number of fused-ring (bicyclic) bond motifs is 3. The minimum Gasteiger partial charge on any atom is -0.503 e. The Balaban J connectivity index is 1.73. The molecule has 0 saturated carbocycles. The van der Waals surface area contributed by atoms with E-state index in [-0.39, 0.29) is 47.2 Å². The van der Waals surface area contributed by atoms with Crippen LogP contribution in [0.5, 0.6) is 11.5 Å². The van der Waals surface area contributed by atoms with Crippen LogP contribution in [-0.2, 0) is 19.2 Å². The van der Waals surface area contributed by atoms with Crippen molar-refractivity contribution in [3.8, 4) is 11.5 Å². The van der Waals surface area contributed by atoms with Gasteiger partial charge < -0.3 is 9.84 Å². The Hall–Kier alpha value is -3.00. The van der Waals surface area contributed by atoms with Crippen LogP contribution in [0.15, 0.2) is 51.0 Å². The van der Waals surface area contributed by atoms with Crippen LogP contribution >= 0.6 is 15.9 Å². The van der Waals surface area contributed by atoms with E-state index in [1.165, 1.54) is 18.1 Å². The first-order valence-electron chi connectivity index (χ1n) is 11.3. The number of carbonyl (C=O) groups excluding carboxylic acids is 4. The summed E-state index contributed by atoms with van der Waals surface area (Å²) in [6.45, 7) is 3.72. The van der Waals surface area contributed by atoms with E-state index in [1.807, 2.05) is 6.08 Å². The molecule has 1 aromatic rings. The summed E-state index contributed by atoms with van der Waals surface area (Å²) < 4.78 is 5.74. The third kappa shape index (κ3) is 3.07. The number of ether oxygens (including phenoxy) is 1. The number of methoxy groups -OCH3 is 1. The number of Topliss-reactive ketones (excluding diaryl/α,β-unsaturated/α-hetero) is 1. The number of aromatic hydroxyl groups is 1. The van der Waals surface area contributed by atoms with Crippen LogP contribution in [0.1, 0.15) is 38.2 Å². The maximum Gasteiger partial charge on any atom is 0.233 e. The van der Waals surface area contributed by atoms with Gasteiger partial charge in [0.05, 0.1) is 23.4 Å². The normalized spacial score (nSPS) is 28.4. The zero-order valence-electron chi connectivity index (χ0n) is 19.1. The lowest BCUT2D eigenvalue weighted by Crippen LogP contribution is -2.39. The van der Waals surface area contributed by atoms with Gasteiger partial charge in [-0.1, -0.05) is 11.6 Å². The molecule has 176 valence electrons. The monoisotopic (exact) mass is 525 g/mol. The first kappa shape index (κ1) is 22.8. The third-order valence-electron chi connectivity index (χ3n) is 7.58. The predicted octanol–water partition coefficient (Wildman–Crippen LogP) is 3.61. The predicted molar refractivity (Wildman–Crippen MR) is 126 cm³/mol. The van der Waals surface area contributed by atoms with E-state index < -0.39 is 17.8 Å². The molecule has 2 amide bonds. The number of halogens is 1. The van der Waals surface area contributed by atoms with E-state index in [4.69, 9.17) is 4.74 Å². The highest BCUT2D eigenvalue weighted by atomic mass is 79.9. The summed E-state index contributed by atoms with van der Waals surface area (Å²) in [5.74, 6) is -2.59. The summed E-state index contributed by atoms with van der Waals surface area (Å²) in [4.78, 5) is 54.0. The highest BCUT2D eigenvalue weighted by molar-refractivity contribution is 9.10. The highest BCUT2D eigenvalue weighted by Gasteiger charge is 2.55. The molecular formula is C26H24BrNO6. The maximum atomic E-state index is 13.4. The van der Waals surface area contributed by atoms with Crippen LogP contribution < -0.4 is 4.74 Å². The summed E-state index contributed by atoms with van der Waals surface area (Å²) in [6.07, 6.45) is 3.99. The van der Waals surface area contributed by atoms with Crippen molar-refractivity contribution in [2.75, 3.05) is 13.7 Å². The topological polar surface area (TPSA) is 101 Å². The van der Waals surface area contributed by atoms with Crippen molar-refractivity contribution in [3.63, 3.8) is 0 Å². The Morgan fingerprint density at radius 2 is 1.88 bits per heavy atom. The molecule has 0 unspecified atom stereocenters. The summed E-state index contributed by atoms with van der Waals surface area (Å²) in [7, 11) is 1.44. The highest BCUT2D eigenvalue weighted by Crippen LogP contribution is 2.56. The van der Waals surface area contributed by atoms with Gasteiger partial charge in [0.1, 0.15) is 0 Å². The molecule has 4 atom stereocenters. The van der Waals surface area contributed by atoms with Crippen LogP contribution in [0.25, 0.3) is 0 Å². The lowest BCUT2D eigenvalue weighted by molar-refractivity contribution is -0.139. The molecule has 0 aromatic heterocycles. The largest absolute Gasteiger partial charge is 0.503 e. The second-order valence-electron chi connectivity index (χ2n) is 9.20. The Bertz CT molecular complexity index is 1270. The number of phenolic OH excluding ortho intramolecular Hbond substituents is 1. The standard InChI is InChI=1S/C26H24BrNO6/c1-4-28-25(32)14-6-5-13-15(21(14)26(28)33)10-16-18(29)7-11(2)23(30)22(16)20(13)12-8-17(27)24(31)19(9-12)34-3/h5,7-9,14-15,20-21,31H,4,6,10H2,1-3H3/t14-,15+,20-,21-/m0/s1. The van der Waals surface area contributed by atoms with E-state index in [0.717, 1.165) is 5.57 Å². The number of likely N-dealkylation sites (tertiary alicyclic amines) is 1. The molecule has 34 heavy (non-hydrogen) atoms. The summed E-state index contributed by atoms with van der Waals surface area (Å²) in [6, 6.07) is 3.38. The fourth-order valence-electron chi connectivity index (χ4n) is 6.03. The third-order valence-corrected chi connectivity index (χ3v) is 8.18. The Labute approximate surface area is 205 Å². The van der Waals surface area contributed by atoms with Gasteiger partial charge in [-0.15, -0.1) is 0 Å². The molecule has 8 heteroatoms. The van der Waals surface area contributed by atoms with Crippen LogP contribution in [0.2, 0.25) is 0 Å². The molecule has 1 fully saturated rings. The van der Waals surface area contributed by atoms with Crippen molar-refractivity contribution in [2.45, 2.75) is 32.6 Å². The number of benzene rings is 1. The van der Waals surface area contributed by atoms with Gasteiger partial charge in [0.25, 0.3) is 0 Å². The van der Waals surface area contributed by atoms with Crippen molar-refractivity contribution in [1.82, 2.24) is 4.90 Å². The first-order chi connectivity index (χ1) is 16.2. The molecule has 4 aliphatic rings. The van der Waals surface area contributed by atoms with Crippen LogP contribution in [0.3, 0.4) is 0 Å². The molecule has 3 aliphatic carbocycles. The van der Waals surface area contributed by atoms with Gasteiger partial charge in [-0.25, -0.2) is 0 Å². The molecule has 1 heterocycles. The van der Waals surface area contributed by atoms with Gasteiger partial charge in [-0.2, -0.15) is 0 Å². The smallest absolute Gasteiger partial charge is 0.233 e. The second-order valence-corrected chi connectivity index (χ2v) is 10.1. The van der Waals surface area contributed by atoms with Crippen LogP contribution in [-0.4, -0.2) is 47.0 Å². The zero-order valence-corrected chi connectivity index (χ0v) is 20.6. The fourth-order valence-corrected chi connectivity index (χ4v) is 6.49. The number of carbonyl (C=O) groups is 4. The van der Waals surface area contributed by atoms with E-state index in [1.54, 1.807) is 26.0 Å². The molecular weight excluding hydrogens is 502 g/mol. The average molecular weight is 526 g/mol. The summed E-state index contributed by atoms with van der Waals surface area (Å²) in [5.41, 5.74) is 2.73. The number of phenols is 1. The Kier molecular flexibility index (Phi) is 5.39. The number of amides is 2. The molecule has 1 aliphatic heterocycles. The zero-order chi connectivity index (χ0) is 24.5. The number of rotatable bonds is 3. The Morgan fingerprint density at radius 3 is 2.56 bits per heavy atom. The van der Waals surface area contributed by atoms with Gasteiger partial charge in [-0.05, 0) is 72.3 Å².